The Balaban J connectivity index is 1.87. The van der Waals surface area contributed by atoms with Gasteiger partial charge >= 0.3 is 0 Å². The van der Waals surface area contributed by atoms with Gasteiger partial charge in [0, 0.05) is 16.7 Å². The number of carbonyl (C=O) groups is 1. The number of carbonyl (C=O) groups excluding carboxylic acids is 1. The van der Waals surface area contributed by atoms with E-state index in [-0.39, 0.29) is 5.78 Å². The number of Topliss-reactive ketones (excluding diaryl/α,β-unsaturated/α-hetero) is 1. The Kier molecular flexibility index (Phi) is 5.14. The standard InChI is InChI=1S/C30H22O2/c31-29-26(21-22-13-5-1-6-14-22)30(32,25-19-11-4-12-20-25)28(24-17-9-3-10-18-24)27(29)23-15-7-2-8-16-23/h1-21,32H. The first-order valence-corrected chi connectivity index (χ1v) is 10.6. The Morgan fingerprint density at radius 1 is 0.594 bits per heavy atom. The average Bonchev–Trinajstić information content (AvgIpc) is 3.09. The second-order valence-electron chi connectivity index (χ2n) is 7.86. The van der Waals surface area contributed by atoms with Gasteiger partial charge in [0.05, 0.1) is 0 Å². The molecule has 2 nitrogen and oxygen atoms in total. The molecule has 2 heteroatoms. The van der Waals surface area contributed by atoms with E-state index in [0.29, 0.717) is 22.3 Å². The third kappa shape index (κ3) is 3.31. The highest BCUT2D eigenvalue weighted by molar-refractivity contribution is 6.41. The molecule has 1 unspecified atom stereocenters. The van der Waals surface area contributed by atoms with Crippen LogP contribution in [0.15, 0.2) is 127 Å². The zero-order chi connectivity index (χ0) is 22.0. The first-order valence-electron chi connectivity index (χ1n) is 10.6. The van der Waals surface area contributed by atoms with Crippen LogP contribution in [-0.2, 0) is 10.4 Å². The summed E-state index contributed by atoms with van der Waals surface area (Å²) in [4.78, 5) is 14.0. The van der Waals surface area contributed by atoms with Crippen LogP contribution in [-0.4, -0.2) is 10.9 Å². The van der Waals surface area contributed by atoms with E-state index in [0.717, 1.165) is 16.7 Å². The van der Waals surface area contributed by atoms with Crippen molar-refractivity contribution in [2.24, 2.45) is 0 Å². The molecule has 32 heavy (non-hydrogen) atoms. The van der Waals surface area contributed by atoms with Gasteiger partial charge in [-0.05, 0) is 28.3 Å². The van der Waals surface area contributed by atoms with Crippen molar-refractivity contribution in [2.75, 3.05) is 0 Å². The van der Waals surface area contributed by atoms with E-state index in [1.54, 1.807) is 0 Å². The first kappa shape index (κ1) is 19.9. The SMILES string of the molecule is O=C1C(=Cc2ccccc2)C(O)(c2ccccc2)C(c2ccccc2)=C1c1ccccc1. The van der Waals surface area contributed by atoms with E-state index in [1.165, 1.54) is 0 Å². The summed E-state index contributed by atoms with van der Waals surface area (Å²) < 4.78 is 0. The summed E-state index contributed by atoms with van der Waals surface area (Å²) in [5, 5.41) is 12.5. The normalized spacial score (nSPS) is 19.5. The van der Waals surface area contributed by atoms with Crippen LogP contribution in [0.25, 0.3) is 17.2 Å². The highest BCUT2D eigenvalue weighted by Gasteiger charge is 2.50. The van der Waals surface area contributed by atoms with Crippen LogP contribution in [0.1, 0.15) is 22.3 Å². The van der Waals surface area contributed by atoms with Crippen LogP contribution in [0.4, 0.5) is 0 Å². The monoisotopic (exact) mass is 414 g/mol. The molecule has 0 saturated heterocycles. The smallest absolute Gasteiger partial charge is 0.193 e. The largest absolute Gasteiger partial charge is 0.376 e. The van der Waals surface area contributed by atoms with Gasteiger partial charge in [0.25, 0.3) is 0 Å². The zero-order valence-electron chi connectivity index (χ0n) is 17.5. The topological polar surface area (TPSA) is 37.3 Å². The van der Waals surface area contributed by atoms with Crippen molar-refractivity contribution in [1.29, 1.82) is 0 Å². The van der Waals surface area contributed by atoms with E-state index in [4.69, 9.17) is 0 Å². The third-order valence-corrected chi connectivity index (χ3v) is 5.90. The highest BCUT2D eigenvalue weighted by atomic mass is 16.3. The fourth-order valence-electron chi connectivity index (χ4n) is 4.43. The van der Waals surface area contributed by atoms with Gasteiger partial charge in [-0.25, -0.2) is 0 Å². The van der Waals surface area contributed by atoms with Crippen LogP contribution in [0, 0.1) is 0 Å². The molecule has 0 aliphatic heterocycles. The van der Waals surface area contributed by atoms with E-state index < -0.39 is 5.60 Å². The van der Waals surface area contributed by atoms with Crippen molar-refractivity contribution < 1.29 is 9.90 Å². The van der Waals surface area contributed by atoms with Crippen molar-refractivity contribution in [3.8, 4) is 0 Å². The van der Waals surface area contributed by atoms with Gasteiger partial charge in [-0.15, -0.1) is 0 Å². The van der Waals surface area contributed by atoms with E-state index in [2.05, 4.69) is 0 Å². The molecule has 0 fully saturated rings. The lowest BCUT2D eigenvalue weighted by Crippen LogP contribution is -2.28. The minimum atomic E-state index is -1.58. The molecule has 1 aliphatic rings. The molecule has 1 N–H and O–H groups in total. The van der Waals surface area contributed by atoms with Crippen molar-refractivity contribution in [3.63, 3.8) is 0 Å². The van der Waals surface area contributed by atoms with Crippen LogP contribution in [0.5, 0.6) is 0 Å². The Morgan fingerprint density at radius 3 is 1.62 bits per heavy atom. The molecule has 0 heterocycles. The summed E-state index contributed by atoms with van der Waals surface area (Å²) in [6, 6.07) is 38.4. The minimum Gasteiger partial charge on any atom is -0.376 e. The maximum absolute atomic E-state index is 14.0. The molecule has 1 aliphatic carbocycles. The van der Waals surface area contributed by atoms with Gasteiger partial charge in [-0.2, -0.15) is 0 Å². The molecule has 0 radical (unpaired) electrons. The summed E-state index contributed by atoms with van der Waals surface area (Å²) in [6.45, 7) is 0. The van der Waals surface area contributed by atoms with Crippen molar-refractivity contribution in [1.82, 2.24) is 0 Å². The fourth-order valence-corrected chi connectivity index (χ4v) is 4.43. The predicted molar refractivity (Wildman–Crippen MR) is 129 cm³/mol. The molecule has 5 rings (SSSR count). The number of hydrogen-bond donors (Lipinski definition) is 1. The van der Waals surface area contributed by atoms with E-state index in [9.17, 15) is 9.90 Å². The lowest BCUT2D eigenvalue weighted by Gasteiger charge is -2.29. The van der Waals surface area contributed by atoms with E-state index in [1.807, 2.05) is 127 Å². The quantitative estimate of drug-likeness (QED) is 0.407. The van der Waals surface area contributed by atoms with E-state index >= 15 is 0 Å². The number of ketones is 1. The summed E-state index contributed by atoms with van der Waals surface area (Å²) in [5.74, 6) is -0.162. The van der Waals surface area contributed by atoms with Crippen LogP contribution in [0.3, 0.4) is 0 Å². The molecule has 0 saturated carbocycles. The van der Waals surface area contributed by atoms with Gasteiger partial charge in [0.2, 0.25) is 0 Å². The van der Waals surface area contributed by atoms with Crippen LogP contribution < -0.4 is 0 Å². The molecule has 0 bridgehead atoms. The molecular weight excluding hydrogens is 392 g/mol. The lowest BCUT2D eigenvalue weighted by molar-refractivity contribution is -0.111. The van der Waals surface area contributed by atoms with Crippen molar-refractivity contribution in [2.45, 2.75) is 5.60 Å². The number of benzene rings is 4. The molecule has 0 spiro atoms. The van der Waals surface area contributed by atoms with Crippen LogP contribution in [0.2, 0.25) is 0 Å². The molecule has 4 aromatic carbocycles. The number of allylic oxidation sites excluding steroid dienone is 1. The molecule has 0 amide bonds. The second kappa shape index (κ2) is 8.26. The van der Waals surface area contributed by atoms with Crippen LogP contribution >= 0.6 is 0 Å². The van der Waals surface area contributed by atoms with Gasteiger partial charge < -0.3 is 5.11 Å². The Labute approximate surface area is 187 Å². The van der Waals surface area contributed by atoms with Gasteiger partial charge in [0.1, 0.15) is 5.60 Å². The zero-order valence-corrected chi connectivity index (χ0v) is 17.5. The highest BCUT2D eigenvalue weighted by Crippen LogP contribution is 2.53. The third-order valence-electron chi connectivity index (χ3n) is 5.90. The summed E-state index contributed by atoms with van der Waals surface area (Å²) in [6.07, 6.45) is 1.81. The fraction of sp³-hybridized carbons (Fsp3) is 0.0333. The van der Waals surface area contributed by atoms with Crippen molar-refractivity contribution in [3.05, 3.63) is 149 Å². The first-order chi connectivity index (χ1) is 15.7. The Morgan fingerprint density at radius 2 is 1.06 bits per heavy atom. The minimum absolute atomic E-state index is 0.162. The summed E-state index contributed by atoms with van der Waals surface area (Å²) in [5.41, 5.74) is 3.07. The van der Waals surface area contributed by atoms with Gasteiger partial charge in [0.15, 0.2) is 5.78 Å². The number of hydrogen-bond acceptors (Lipinski definition) is 2. The Bertz CT molecular complexity index is 1300. The van der Waals surface area contributed by atoms with Crippen molar-refractivity contribution >= 4 is 23.0 Å². The average molecular weight is 415 g/mol. The maximum Gasteiger partial charge on any atom is 0.193 e. The second-order valence-corrected chi connectivity index (χ2v) is 7.86. The summed E-state index contributed by atoms with van der Waals surface area (Å²) >= 11 is 0. The lowest BCUT2D eigenvalue weighted by atomic mass is 9.80. The number of rotatable bonds is 4. The van der Waals surface area contributed by atoms with Gasteiger partial charge in [-0.3, -0.25) is 4.79 Å². The molecule has 154 valence electrons. The molecule has 1 atom stereocenters. The Hall–Kier alpha value is -4.01. The molecule has 0 aromatic heterocycles. The maximum atomic E-state index is 14.0. The predicted octanol–water partition coefficient (Wildman–Crippen LogP) is 6.15. The molecular formula is C30H22O2. The molecule has 4 aromatic rings. The van der Waals surface area contributed by atoms with Gasteiger partial charge in [-0.1, -0.05) is 121 Å². The number of aliphatic hydroxyl groups is 1. The summed E-state index contributed by atoms with van der Waals surface area (Å²) in [7, 11) is 0.